The van der Waals surface area contributed by atoms with Crippen LogP contribution in [0.3, 0.4) is 0 Å². The van der Waals surface area contributed by atoms with Crippen molar-refractivity contribution in [3.05, 3.63) is 41.6 Å². The first-order valence-corrected chi connectivity index (χ1v) is 7.96. The van der Waals surface area contributed by atoms with E-state index in [9.17, 15) is 4.79 Å². The summed E-state index contributed by atoms with van der Waals surface area (Å²) in [5, 5.41) is 3.33. The molecule has 6 nitrogen and oxygen atoms in total. The Balaban J connectivity index is 1.62. The standard InChI is InChI=1S/C18H19N3O3/c1-11-5-14(23-2)3-4-15(11)20-17-7-16-12(8-19-17)6-18(22)21(16)13-9-24-10-13/h3-5,7-8,13H,6,9-10H2,1-2H3,(H,19,20). The van der Waals surface area contributed by atoms with E-state index < -0.39 is 0 Å². The summed E-state index contributed by atoms with van der Waals surface area (Å²) >= 11 is 0. The van der Waals surface area contributed by atoms with Gasteiger partial charge in [-0.05, 0) is 30.7 Å². The molecule has 1 aromatic carbocycles. The second-order valence-electron chi connectivity index (χ2n) is 6.14. The zero-order valence-electron chi connectivity index (χ0n) is 13.7. The molecule has 6 heteroatoms. The Kier molecular flexibility index (Phi) is 3.61. The number of carbonyl (C=O) groups is 1. The van der Waals surface area contributed by atoms with E-state index in [0.717, 1.165) is 34.1 Å². The van der Waals surface area contributed by atoms with Gasteiger partial charge in [-0.2, -0.15) is 0 Å². The van der Waals surface area contributed by atoms with Crippen LogP contribution >= 0.6 is 0 Å². The van der Waals surface area contributed by atoms with Gasteiger partial charge in [0.25, 0.3) is 0 Å². The van der Waals surface area contributed by atoms with Gasteiger partial charge in [0.05, 0.1) is 38.5 Å². The molecular weight excluding hydrogens is 306 g/mol. The summed E-state index contributed by atoms with van der Waals surface area (Å²) < 4.78 is 10.5. The van der Waals surface area contributed by atoms with E-state index in [1.54, 1.807) is 13.3 Å². The summed E-state index contributed by atoms with van der Waals surface area (Å²) in [6, 6.07) is 7.94. The van der Waals surface area contributed by atoms with E-state index in [2.05, 4.69) is 10.3 Å². The summed E-state index contributed by atoms with van der Waals surface area (Å²) in [6.07, 6.45) is 2.20. The minimum Gasteiger partial charge on any atom is -0.497 e. The molecule has 2 aliphatic rings. The number of hydrogen-bond donors (Lipinski definition) is 1. The minimum absolute atomic E-state index is 0.123. The summed E-state index contributed by atoms with van der Waals surface area (Å²) in [5.41, 5.74) is 3.95. The Labute approximate surface area is 140 Å². The number of rotatable bonds is 4. The molecule has 0 spiro atoms. The van der Waals surface area contributed by atoms with Crippen LogP contribution in [-0.2, 0) is 16.0 Å². The van der Waals surface area contributed by atoms with E-state index in [1.165, 1.54) is 0 Å². The predicted molar refractivity (Wildman–Crippen MR) is 91.0 cm³/mol. The molecule has 0 radical (unpaired) electrons. The molecule has 4 rings (SSSR count). The highest BCUT2D eigenvalue weighted by molar-refractivity contribution is 6.02. The summed E-state index contributed by atoms with van der Waals surface area (Å²) in [6.45, 7) is 3.22. The molecule has 1 N–H and O–H groups in total. The fourth-order valence-electron chi connectivity index (χ4n) is 3.10. The highest BCUT2D eigenvalue weighted by Gasteiger charge is 2.37. The average molecular weight is 325 g/mol. The van der Waals surface area contributed by atoms with Crippen LogP contribution in [0.4, 0.5) is 17.2 Å². The third kappa shape index (κ3) is 2.49. The van der Waals surface area contributed by atoms with Crippen LogP contribution in [0, 0.1) is 6.92 Å². The normalized spacial score (nSPS) is 16.8. The van der Waals surface area contributed by atoms with Gasteiger partial charge in [0.15, 0.2) is 0 Å². The third-order valence-electron chi connectivity index (χ3n) is 4.51. The van der Waals surface area contributed by atoms with Gasteiger partial charge >= 0.3 is 0 Å². The summed E-state index contributed by atoms with van der Waals surface area (Å²) in [4.78, 5) is 18.6. The highest BCUT2D eigenvalue weighted by Crippen LogP contribution is 2.34. The van der Waals surface area contributed by atoms with Crippen molar-refractivity contribution in [3.63, 3.8) is 0 Å². The van der Waals surface area contributed by atoms with Gasteiger partial charge in [-0.25, -0.2) is 4.98 Å². The number of fused-ring (bicyclic) bond motifs is 1. The van der Waals surface area contributed by atoms with Crippen molar-refractivity contribution in [2.45, 2.75) is 19.4 Å². The molecule has 2 aliphatic heterocycles. The van der Waals surface area contributed by atoms with Crippen LogP contribution in [0.5, 0.6) is 5.75 Å². The molecule has 1 amide bonds. The lowest BCUT2D eigenvalue weighted by Gasteiger charge is -2.35. The monoisotopic (exact) mass is 325 g/mol. The van der Waals surface area contributed by atoms with E-state index in [4.69, 9.17) is 9.47 Å². The van der Waals surface area contributed by atoms with Gasteiger partial charge in [0.2, 0.25) is 5.91 Å². The van der Waals surface area contributed by atoms with Crippen LogP contribution in [0.1, 0.15) is 11.1 Å². The van der Waals surface area contributed by atoms with Gasteiger partial charge in [-0.15, -0.1) is 0 Å². The Morgan fingerprint density at radius 1 is 1.33 bits per heavy atom. The van der Waals surface area contributed by atoms with Gasteiger partial charge in [0.1, 0.15) is 11.6 Å². The molecule has 0 unspecified atom stereocenters. The molecule has 124 valence electrons. The van der Waals surface area contributed by atoms with Gasteiger partial charge < -0.3 is 19.7 Å². The van der Waals surface area contributed by atoms with Gasteiger partial charge in [-0.3, -0.25) is 4.79 Å². The number of aryl methyl sites for hydroxylation is 1. The number of nitrogens with one attached hydrogen (secondary N) is 1. The van der Waals surface area contributed by atoms with E-state index in [0.29, 0.717) is 19.6 Å². The first-order chi connectivity index (χ1) is 11.7. The van der Waals surface area contributed by atoms with Crippen molar-refractivity contribution in [1.29, 1.82) is 0 Å². The maximum Gasteiger partial charge on any atom is 0.231 e. The number of methoxy groups -OCH3 is 1. The Morgan fingerprint density at radius 3 is 2.83 bits per heavy atom. The molecule has 1 aromatic heterocycles. The van der Waals surface area contributed by atoms with Crippen LogP contribution in [0.2, 0.25) is 0 Å². The van der Waals surface area contributed by atoms with E-state index in [1.807, 2.05) is 36.1 Å². The topological polar surface area (TPSA) is 63.7 Å². The lowest BCUT2D eigenvalue weighted by atomic mass is 10.1. The van der Waals surface area contributed by atoms with Crippen molar-refractivity contribution in [3.8, 4) is 5.75 Å². The van der Waals surface area contributed by atoms with Crippen LogP contribution in [-0.4, -0.2) is 37.3 Å². The number of hydrogen-bond acceptors (Lipinski definition) is 5. The van der Waals surface area contributed by atoms with Crippen molar-refractivity contribution in [2.24, 2.45) is 0 Å². The quantitative estimate of drug-likeness (QED) is 0.935. The SMILES string of the molecule is COc1ccc(Nc2cc3c(cn2)CC(=O)N3C2COC2)c(C)c1. The average Bonchev–Trinajstić information content (AvgIpc) is 2.84. The van der Waals surface area contributed by atoms with E-state index >= 15 is 0 Å². The Bertz CT molecular complexity index is 802. The summed E-state index contributed by atoms with van der Waals surface area (Å²) in [5.74, 6) is 1.67. The van der Waals surface area contributed by atoms with Crippen molar-refractivity contribution in [2.75, 3.05) is 30.5 Å². The number of anilines is 3. The van der Waals surface area contributed by atoms with Crippen LogP contribution in [0.25, 0.3) is 0 Å². The molecule has 0 aliphatic carbocycles. The fraction of sp³-hybridized carbons (Fsp3) is 0.333. The lowest BCUT2D eigenvalue weighted by molar-refractivity contribution is -0.119. The minimum atomic E-state index is 0.123. The maximum atomic E-state index is 12.3. The molecule has 3 heterocycles. The first-order valence-electron chi connectivity index (χ1n) is 7.96. The molecule has 2 aromatic rings. The smallest absolute Gasteiger partial charge is 0.231 e. The number of aromatic nitrogens is 1. The molecule has 1 fully saturated rings. The van der Waals surface area contributed by atoms with Gasteiger partial charge in [-0.1, -0.05) is 0 Å². The second kappa shape index (κ2) is 5.79. The molecule has 0 saturated carbocycles. The largest absolute Gasteiger partial charge is 0.497 e. The van der Waals surface area contributed by atoms with Crippen molar-refractivity contribution < 1.29 is 14.3 Å². The second-order valence-corrected chi connectivity index (χ2v) is 6.14. The molecule has 0 bridgehead atoms. The summed E-state index contributed by atoms with van der Waals surface area (Å²) in [7, 11) is 1.65. The number of amides is 1. The molecule has 1 saturated heterocycles. The fourth-order valence-corrected chi connectivity index (χ4v) is 3.10. The van der Waals surface area contributed by atoms with Crippen LogP contribution < -0.4 is 15.0 Å². The molecule has 24 heavy (non-hydrogen) atoms. The third-order valence-corrected chi connectivity index (χ3v) is 4.51. The van der Waals surface area contributed by atoms with Gasteiger partial charge in [0, 0.05) is 23.5 Å². The maximum absolute atomic E-state index is 12.3. The number of nitrogens with zero attached hydrogens (tertiary/aromatic N) is 2. The zero-order valence-corrected chi connectivity index (χ0v) is 13.7. The number of carbonyl (C=O) groups excluding carboxylic acids is 1. The zero-order chi connectivity index (χ0) is 16.7. The van der Waals surface area contributed by atoms with Crippen molar-refractivity contribution >= 4 is 23.1 Å². The van der Waals surface area contributed by atoms with Crippen molar-refractivity contribution in [1.82, 2.24) is 4.98 Å². The first kappa shape index (κ1) is 15.0. The Morgan fingerprint density at radius 2 is 2.17 bits per heavy atom. The number of benzene rings is 1. The predicted octanol–water partition coefficient (Wildman–Crippen LogP) is 2.43. The van der Waals surface area contributed by atoms with Crippen LogP contribution in [0.15, 0.2) is 30.5 Å². The number of pyridine rings is 1. The van der Waals surface area contributed by atoms with E-state index in [-0.39, 0.29) is 11.9 Å². The number of ether oxygens (including phenoxy) is 2. The highest BCUT2D eigenvalue weighted by atomic mass is 16.5. The molecule has 0 atom stereocenters. The molecular formula is C18H19N3O3. The lowest BCUT2D eigenvalue weighted by Crippen LogP contribution is -2.50. The Hall–Kier alpha value is -2.60.